The largest absolute Gasteiger partial charge is 0.355 e. The second-order valence-electron chi connectivity index (χ2n) is 4.22. The van der Waals surface area contributed by atoms with Gasteiger partial charge in [-0.3, -0.25) is 4.79 Å². The molecule has 2 aromatic rings. The van der Waals surface area contributed by atoms with Gasteiger partial charge in [-0.25, -0.2) is 4.98 Å². The van der Waals surface area contributed by atoms with E-state index in [9.17, 15) is 4.79 Å². The van der Waals surface area contributed by atoms with E-state index in [1.165, 1.54) is 12.4 Å². The molecule has 2 rings (SSSR count). The lowest BCUT2D eigenvalue weighted by molar-refractivity contribution is 0.612. The number of nitrogens with zero attached hydrogens (tertiary/aromatic N) is 1. The van der Waals surface area contributed by atoms with Crippen molar-refractivity contribution < 1.29 is 0 Å². The summed E-state index contributed by atoms with van der Waals surface area (Å²) in [5.74, 6) is 0.594. The molecule has 0 amide bonds. The Hall–Kier alpha value is -1.81. The van der Waals surface area contributed by atoms with Gasteiger partial charge in [0.15, 0.2) is 5.82 Å². The van der Waals surface area contributed by atoms with Gasteiger partial charge in [0, 0.05) is 18.3 Å². The number of anilines is 1. The molecule has 5 heteroatoms. The number of benzene rings is 1. The average molecular weight is 264 g/mol. The Bertz CT molecular complexity index is 570. The topological polar surface area (TPSA) is 57.8 Å². The zero-order valence-corrected chi connectivity index (χ0v) is 10.7. The Morgan fingerprint density at radius 1 is 1.39 bits per heavy atom. The number of hydrogen-bond acceptors (Lipinski definition) is 3. The van der Waals surface area contributed by atoms with Crippen molar-refractivity contribution in [1.29, 1.82) is 0 Å². The fourth-order valence-corrected chi connectivity index (χ4v) is 1.91. The van der Waals surface area contributed by atoms with Crippen LogP contribution in [0.25, 0.3) is 0 Å². The molecule has 0 saturated carbocycles. The molecule has 0 saturated heterocycles. The van der Waals surface area contributed by atoms with E-state index in [4.69, 9.17) is 11.6 Å². The number of nitrogens with one attached hydrogen (secondary N) is 2. The summed E-state index contributed by atoms with van der Waals surface area (Å²) in [6, 6.07) is 9.74. The first-order valence-electron chi connectivity index (χ1n) is 5.59. The Balaban J connectivity index is 2.35. The first-order valence-corrected chi connectivity index (χ1v) is 6.12. The first-order chi connectivity index (χ1) is 8.65. The minimum absolute atomic E-state index is 0.259. The first kappa shape index (κ1) is 12.6. The van der Waals surface area contributed by atoms with E-state index in [2.05, 4.69) is 15.3 Å². The lowest BCUT2D eigenvalue weighted by atomic mass is 9.94. The Kier molecular flexibility index (Phi) is 3.67. The summed E-state index contributed by atoms with van der Waals surface area (Å²) < 4.78 is 0. The number of aromatic nitrogens is 2. The summed E-state index contributed by atoms with van der Waals surface area (Å²) in [5.41, 5.74) is 0.208. The molecule has 0 aliphatic carbocycles. The molecule has 1 aromatic heterocycles. The van der Waals surface area contributed by atoms with Crippen molar-refractivity contribution in [3.8, 4) is 0 Å². The molecule has 1 aromatic carbocycles. The third-order valence-corrected chi connectivity index (χ3v) is 3.31. The molecule has 2 N–H and O–H groups in total. The number of alkyl halides is 1. The number of aromatic amines is 1. The van der Waals surface area contributed by atoms with E-state index in [1.54, 1.807) is 0 Å². The molecule has 0 aliphatic rings. The van der Waals surface area contributed by atoms with E-state index >= 15 is 0 Å². The molecule has 1 heterocycles. The van der Waals surface area contributed by atoms with E-state index in [1.807, 2.05) is 37.3 Å². The van der Waals surface area contributed by atoms with Crippen LogP contribution in [0.2, 0.25) is 0 Å². The zero-order chi connectivity index (χ0) is 13.0. The summed E-state index contributed by atoms with van der Waals surface area (Å²) in [4.78, 5) is 18.2. The van der Waals surface area contributed by atoms with Gasteiger partial charge in [-0.05, 0) is 12.5 Å². The van der Waals surface area contributed by atoms with Gasteiger partial charge in [-0.1, -0.05) is 30.3 Å². The van der Waals surface area contributed by atoms with Gasteiger partial charge in [-0.2, -0.15) is 0 Å². The molecule has 0 spiro atoms. The third kappa shape index (κ3) is 2.54. The van der Waals surface area contributed by atoms with Crippen molar-refractivity contribution in [3.05, 3.63) is 58.6 Å². The molecule has 4 nitrogen and oxygen atoms in total. The average Bonchev–Trinajstić information content (AvgIpc) is 2.42. The molecule has 0 radical (unpaired) electrons. The van der Waals surface area contributed by atoms with Crippen LogP contribution in [-0.4, -0.2) is 15.8 Å². The molecule has 18 heavy (non-hydrogen) atoms. The minimum Gasteiger partial charge on any atom is -0.355 e. The van der Waals surface area contributed by atoms with Crippen LogP contribution in [0.3, 0.4) is 0 Å². The van der Waals surface area contributed by atoms with Crippen LogP contribution in [0.1, 0.15) is 12.5 Å². The third-order valence-electron chi connectivity index (χ3n) is 2.78. The highest BCUT2D eigenvalue weighted by atomic mass is 35.5. The van der Waals surface area contributed by atoms with Gasteiger partial charge in [-0.15, -0.1) is 11.6 Å². The van der Waals surface area contributed by atoms with Gasteiger partial charge < -0.3 is 10.3 Å². The van der Waals surface area contributed by atoms with E-state index < -0.39 is 5.54 Å². The molecular formula is C13H14ClN3O. The van der Waals surface area contributed by atoms with Crippen molar-refractivity contribution in [3.63, 3.8) is 0 Å². The van der Waals surface area contributed by atoms with Gasteiger partial charge in [0.05, 0.1) is 5.54 Å². The fourth-order valence-electron chi connectivity index (χ4n) is 1.69. The van der Waals surface area contributed by atoms with Crippen LogP contribution < -0.4 is 10.9 Å². The second kappa shape index (κ2) is 5.23. The fraction of sp³-hybridized carbons (Fsp3) is 0.231. The summed E-state index contributed by atoms with van der Waals surface area (Å²) in [5, 5.41) is 3.10. The lowest BCUT2D eigenvalue weighted by Gasteiger charge is -2.29. The molecule has 0 fully saturated rings. The summed E-state index contributed by atoms with van der Waals surface area (Å²) in [6.07, 6.45) is 3.03. The predicted octanol–water partition coefficient (Wildman–Crippen LogP) is 2.34. The molecular weight excluding hydrogens is 250 g/mol. The Morgan fingerprint density at radius 2 is 2.11 bits per heavy atom. The SMILES string of the molecule is CC(CCl)(Nc1ncc[nH]c1=O)c1ccccc1. The Labute approximate surface area is 110 Å². The summed E-state index contributed by atoms with van der Waals surface area (Å²) in [6.45, 7) is 1.93. The molecule has 1 unspecified atom stereocenters. The molecule has 0 bridgehead atoms. The molecule has 94 valence electrons. The molecule has 0 aliphatic heterocycles. The highest BCUT2D eigenvalue weighted by Gasteiger charge is 2.26. The van der Waals surface area contributed by atoms with Crippen LogP contribution in [0, 0.1) is 0 Å². The van der Waals surface area contributed by atoms with E-state index in [0.29, 0.717) is 5.88 Å². The van der Waals surface area contributed by atoms with Gasteiger partial charge >= 0.3 is 0 Å². The van der Waals surface area contributed by atoms with Crippen LogP contribution in [0.5, 0.6) is 0 Å². The maximum Gasteiger partial charge on any atom is 0.290 e. The summed E-state index contributed by atoms with van der Waals surface area (Å²) in [7, 11) is 0. The summed E-state index contributed by atoms with van der Waals surface area (Å²) >= 11 is 6.04. The molecule has 1 atom stereocenters. The number of rotatable bonds is 4. The predicted molar refractivity (Wildman–Crippen MR) is 73.0 cm³/mol. The second-order valence-corrected chi connectivity index (χ2v) is 4.49. The quantitative estimate of drug-likeness (QED) is 0.833. The highest BCUT2D eigenvalue weighted by molar-refractivity contribution is 6.18. The van der Waals surface area contributed by atoms with E-state index in [-0.39, 0.29) is 11.4 Å². The van der Waals surface area contributed by atoms with Crippen molar-refractivity contribution in [2.75, 3.05) is 11.2 Å². The van der Waals surface area contributed by atoms with Crippen LogP contribution >= 0.6 is 11.6 Å². The minimum atomic E-state index is -0.538. The Morgan fingerprint density at radius 3 is 2.72 bits per heavy atom. The monoisotopic (exact) mass is 263 g/mol. The van der Waals surface area contributed by atoms with Crippen molar-refractivity contribution in [2.45, 2.75) is 12.5 Å². The smallest absolute Gasteiger partial charge is 0.290 e. The van der Waals surface area contributed by atoms with Gasteiger partial charge in [0.1, 0.15) is 0 Å². The van der Waals surface area contributed by atoms with E-state index in [0.717, 1.165) is 5.56 Å². The van der Waals surface area contributed by atoms with Crippen molar-refractivity contribution in [1.82, 2.24) is 9.97 Å². The van der Waals surface area contributed by atoms with Crippen molar-refractivity contribution >= 4 is 17.4 Å². The number of halogens is 1. The number of hydrogen-bond donors (Lipinski definition) is 2. The standard InChI is InChI=1S/C13H14ClN3O/c1-13(9-14,10-5-3-2-4-6-10)17-11-12(18)16-8-7-15-11/h2-8H,9H2,1H3,(H,15,17)(H,16,18). The maximum atomic E-state index is 11.6. The van der Waals surface area contributed by atoms with Gasteiger partial charge in [0.2, 0.25) is 0 Å². The zero-order valence-electron chi connectivity index (χ0n) is 9.98. The van der Waals surface area contributed by atoms with Crippen LogP contribution in [0.4, 0.5) is 5.82 Å². The maximum absolute atomic E-state index is 11.6. The van der Waals surface area contributed by atoms with Crippen molar-refractivity contribution in [2.24, 2.45) is 0 Å². The highest BCUT2D eigenvalue weighted by Crippen LogP contribution is 2.25. The lowest BCUT2D eigenvalue weighted by Crippen LogP contribution is -2.36. The van der Waals surface area contributed by atoms with Gasteiger partial charge in [0.25, 0.3) is 5.56 Å². The van der Waals surface area contributed by atoms with Crippen LogP contribution in [0.15, 0.2) is 47.5 Å². The normalized spacial score (nSPS) is 13.9. The number of H-pyrrole nitrogens is 1. The van der Waals surface area contributed by atoms with Crippen LogP contribution in [-0.2, 0) is 5.54 Å².